The number of rotatable bonds is 9. The van der Waals surface area contributed by atoms with E-state index in [1.54, 1.807) is 27.5 Å². The number of methoxy groups -OCH3 is 3. The molecule has 1 heterocycles. The molecule has 0 radical (unpaired) electrons. The maximum Gasteiger partial charge on any atom is 0.216 e. The van der Waals surface area contributed by atoms with Gasteiger partial charge in [0.25, 0.3) is 0 Å². The monoisotopic (exact) mass is 418 g/mol. The van der Waals surface area contributed by atoms with E-state index in [4.69, 9.17) is 18.6 Å². The zero-order valence-electron chi connectivity index (χ0n) is 19.1. The van der Waals surface area contributed by atoms with Gasteiger partial charge in [0.15, 0.2) is 17.5 Å². The van der Waals surface area contributed by atoms with Crippen LogP contribution in [0.25, 0.3) is 0 Å². The summed E-state index contributed by atoms with van der Waals surface area (Å²) in [4.78, 5) is 8.91. The van der Waals surface area contributed by atoms with Crippen LogP contribution >= 0.6 is 0 Å². The van der Waals surface area contributed by atoms with Gasteiger partial charge in [-0.1, -0.05) is 26.8 Å². The van der Waals surface area contributed by atoms with Gasteiger partial charge >= 0.3 is 0 Å². The normalized spacial score (nSPS) is 11.9. The van der Waals surface area contributed by atoms with Crippen molar-refractivity contribution in [3.05, 3.63) is 35.5 Å². The summed E-state index contributed by atoms with van der Waals surface area (Å²) in [6.45, 7) is 10.1. The molecule has 2 N–H and O–H groups in total. The van der Waals surface area contributed by atoms with Crippen molar-refractivity contribution in [2.75, 3.05) is 34.4 Å². The fraction of sp³-hybridized carbons (Fsp3) is 0.545. The number of hydrogen-bond acceptors (Lipinski definition) is 6. The first-order valence-corrected chi connectivity index (χ1v) is 10.1. The first-order valence-electron chi connectivity index (χ1n) is 10.1. The van der Waals surface area contributed by atoms with Crippen molar-refractivity contribution in [3.8, 4) is 17.2 Å². The summed E-state index contributed by atoms with van der Waals surface area (Å²) in [6, 6.07) is 3.86. The molecule has 0 fully saturated rings. The molecule has 2 rings (SSSR count). The van der Waals surface area contributed by atoms with Gasteiger partial charge in [0.2, 0.25) is 11.6 Å². The van der Waals surface area contributed by atoms with Crippen molar-refractivity contribution in [1.29, 1.82) is 0 Å². The lowest BCUT2D eigenvalue weighted by Crippen LogP contribution is -2.38. The Morgan fingerprint density at radius 3 is 2.37 bits per heavy atom. The highest BCUT2D eigenvalue weighted by Crippen LogP contribution is 2.39. The molecule has 0 spiro atoms. The van der Waals surface area contributed by atoms with Crippen LogP contribution in [0.1, 0.15) is 44.9 Å². The lowest BCUT2D eigenvalue weighted by atomic mass is 9.94. The molecule has 0 aliphatic heterocycles. The van der Waals surface area contributed by atoms with Gasteiger partial charge in [-0.2, -0.15) is 0 Å². The standard InChI is InChI=1S/C22H34N4O4/c1-8-23-21(26-14-18-25-13-17(30-18)22(2,3)4)24-12-11-15-9-10-16(27-5)20(29-7)19(15)28-6/h9-10,13H,8,11-12,14H2,1-7H3,(H2,23,24,26). The van der Waals surface area contributed by atoms with Crippen LogP contribution in [-0.2, 0) is 18.4 Å². The summed E-state index contributed by atoms with van der Waals surface area (Å²) in [5.74, 6) is 4.06. The number of guanidine groups is 1. The lowest BCUT2D eigenvalue weighted by Gasteiger charge is -2.16. The minimum atomic E-state index is -0.0732. The van der Waals surface area contributed by atoms with Crippen molar-refractivity contribution < 1.29 is 18.6 Å². The van der Waals surface area contributed by atoms with Gasteiger partial charge in [-0.3, -0.25) is 0 Å². The molecule has 1 aromatic heterocycles. The molecular formula is C22H34N4O4. The number of ether oxygens (including phenoxy) is 3. The largest absolute Gasteiger partial charge is 0.493 e. The molecule has 1 aromatic carbocycles. The topological polar surface area (TPSA) is 90.1 Å². The van der Waals surface area contributed by atoms with Gasteiger partial charge in [-0.05, 0) is 19.4 Å². The van der Waals surface area contributed by atoms with E-state index in [9.17, 15) is 0 Å². The zero-order valence-corrected chi connectivity index (χ0v) is 19.1. The zero-order chi connectivity index (χ0) is 22.1. The molecular weight excluding hydrogens is 384 g/mol. The Kier molecular flexibility index (Phi) is 8.38. The highest BCUT2D eigenvalue weighted by Gasteiger charge is 2.19. The van der Waals surface area contributed by atoms with Crippen molar-refractivity contribution in [2.45, 2.75) is 46.1 Å². The third-order valence-electron chi connectivity index (χ3n) is 4.48. The molecule has 166 valence electrons. The van der Waals surface area contributed by atoms with Crippen LogP contribution in [-0.4, -0.2) is 45.4 Å². The third kappa shape index (κ3) is 6.05. The molecule has 0 atom stereocenters. The van der Waals surface area contributed by atoms with E-state index in [1.165, 1.54) is 0 Å². The summed E-state index contributed by atoms with van der Waals surface area (Å²) in [5.41, 5.74) is 0.942. The van der Waals surface area contributed by atoms with Crippen LogP contribution in [0.15, 0.2) is 27.7 Å². The SMILES string of the molecule is CCNC(=NCc1ncc(C(C)(C)C)o1)NCCc1ccc(OC)c(OC)c1OC. The van der Waals surface area contributed by atoms with E-state index < -0.39 is 0 Å². The van der Waals surface area contributed by atoms with E-state index >= 15 is 0 Å². The average molecular weight is 419 g/mol. The van der Waals surface area contributed by atoms with Crippen molar-refractivity contribution in [2.24, 2.45) is 4.99 Å². The van der Waals surface area contributed by atoms with E-state index in [1.807, 2.05) is 19.1 Å². The number of hydrogen-bond donors (Lipinski definition) is 2. The smallest absolute Gasteiger partial charge is 0.216 e. The fourth-order valence-electron chi connectivity index (χ4n) is 2.89. The second-order valence-electron chi connectivity index (χ2n) is 7.73. The predicted octanol–water partition coefficient (Wildman–Crippen LogP) is 3.30. The third-order valence-corrected chi connectivity index (χ3v) is 4.48. The maximum atomic E-state index is 5.81. The summed E-state index contributed by atoms with van der Waals surface area (Å²) in [5, 5.41) is 6.57. The Balaban J connectivity index is 2.03. The molecule has 0 bridgehead atoms. The molecule has 30 heavy (non-hydrogen) atoms. The van der Waals surface area contributed by atoms with Crippen LogP contribution in [0.2, 0.25) is 0 Å². The second kappa shape index (κ2) is 10.8. The number of nitrogens with zero attached hydrogens (tertiary/aromatic N) is 2. The number of nitrogens with one attached hydrogen (secondary N) is 2. The van der Waals surface area contributed by atoms with E-state index in [0.29, 0.717) is 42.2 Å². The quantitative estimate of drug-likeness (QED) is 0.477. The van der Waals surface area contributed by atoms with Gasteiger partial charge in [0, 0.05) is 24.1 Å². The van der Waals surface area contributed by atoms with E-state index in [0.717, 1.165) is 24.3 Å². The molecule has 2 aromatic rings. The van der Waals surface area contributed by atoms with Gasteiger partial charge in [-0.15, -0.1) is 0 Å². The molecule has 0 aliphatic carbocycles. The Labute approximate surface area is 179 Å². The minimum Gasteiger partial charge on any atom is -0.493 e. The van der Waals surface area contributed by atoms with E-state index in [-0.39, 0.29) is 5.41 Å². The van der Waals surface area contributed by atoms with Gasteiger partial charge in [0.05, 0.1) is 27.5 Å². The molecule has 0 amide bonds. The van der Waals surface area contributed by atoms with Crippen molar-refractivity contribution >= 4 is 5.96 Å². The minimum absolute atomic E-state index is 0.0732. The van der Waals surface area contributed by atoms with Crippen LogP contribution in [0.4, 0.5) is 0 Å². The fourth-order valence-corrected chi connectivity index (χ4v) is 2.89. The second-order valence-corrected chi connectivity index (χ2v) is 7.73. The number of oxazole rings is 1. The number of benzene rings is 1. The number of aromatic nitrogens is 1. The Morgan fingerprint density at radius 1 is 1.07 bits per heavy atom. The van der Waals surface area contributed by atoms with Crippen LogP contribution < -0.4 is 24.8 Å². The summed E-state index contributed by atoms with van der Waals surface area (Å²) in [6.07, 6.45) is 2.50. The molecule has 0 saturated heterocycles. The van der Waals surface area contributed by atoms with E-state index in [2.05, 4.69) is 41.4 Å². The Morgan fingerprint density at radius 2 is 1.80 bits per heavy atom. The van der Waals surface area contributed by atoms with Crippen LogP contribution in [0.3, 0.4) is 0 Å². The lowest BCUT2D eigenvalue weighted by molar-refractivity contribution is 0.322. The Bertz CT molecular complexity index is 840. The summed E-state index contributed by atoms with van der Waals surface area (Å²) in [7, 11) is 4.84. The summed E-state index contributed by atoms with van der Waals surface area (Å²) < 4.78 is 22.2. The van der Waals surface area contributed by atoms with Crippen molar-refractivity contribution in [1.82, 2.24) is 15.6 Å². The van der Waals surface area contributed by atoms with Gasteiger partial charge < -0.3 is 29.3 Å². The Hall–Kier alpha value is -2.90. The highest BCUT2D eigenvalue weighted by atomic mass is 16.5. The van der Waals surface area contributed by atoms with Crippen LogP contribution in [0.5, 0.6) is 17.2 Å². The van der Waals surface area contributed by atoms with Crippen LogP contribution in [0, 0.1) is 0 Å². The highest BCUT2D eigenvalue weighted by molar-refractivity contribution is 5.79. The molecule has 8 nitrogen and oxygen atoms in total. The summed E-state index contributed by atoms with van der Waals surface area (Å²) >= 11 is 0. The van der Waals surface area contributed by atoms with Gasteiger partial charge in [-0.25, -0.2) is 9.98 Å². The van der Waals surface area contributed by atoms with Gasteiger partial charge in [0.1, 0.15) is 12.3 Å². The first-order chi connectivity index (χ1) is 14.3. The average Bonchev–Trinajstić information content (AvgIpc) is 3.21. The van der Waals surface area contributed by atoms with Crippen molar-refractivity contribution in [3.63, 3.8) is 0 Å². The molecule has 0 saturated carbocycles. The number of aliphatic imine (C=N–C) groups is 1. The molecule has 0 aliphatic rings. The predicted molar refractivity (Wildman–Crippen MR) is 118 cm³/mol. The first kappa shape index (κ1) is 23.4. The molecule has 0 unspecified atom stereocenters. The molecule has 8 heteroatoms. The maximum absolute atomic E-state index is 5.81.